The van der Waals surface area contributed by atoms with Gasteiger partial charge in [-0.1, -0.05) is 6.42 Å². The van der Waals surface area contributed by atoms with Gasteiger partial charge in [0.1, 0.15) is 0 Å². The SMILES string of the molecule is CN(C)CCCCC(C(=O)O)C(=O)O. The molecule has 0 heterocycles. The molecule has 5 heteroatoms. The highest BCUT2D eigenvalue weighted by molar-refractivity contribution is 5.92. The van der Waals surface area contributed by atoms with Crippen molar-refractivity contribution in [2.75, 3.05) is 20.6 Å². The van der Waals surface area contributed by atoms with Crippen LogP contribution in [0.15, 0.2) is 0 Å². The van der Waals surface area contributed by atoms with E-state index >= 15 is 0 Å². The highest BCUT2D eigenvalue weighted by atomic mass is 16.4. The van der Waals surface area contributed by atoms with E-state index in [1.165, 1.54) is 0 Å². The monoisotopic (exact) mass is 203 g/mol. The molecule has 0 aliphatic carbocycles. The van der Waals surface area contributed by atoms with E-state index in [4.69, 9.17) is 10.2 Å². The summed E-state index contributed by atoms with van der Waals surface area (Å²) in [5, 5.41) is 17.1. The Hall–Kier alpha value is -1.10. The molecular weight excluding hydrogens is 186 g/mol. The van der Waals surface area contributed by atoms with Crippen molar-refractivity contribution in [1.82, 2.24) is 4.90 Å². The standard InChI is InChI=1S/C9H17NO4/c1-10(2)6-4-3-5-7(8(11)12)9(13)14/h7H,3-6H2,1-2H3,(H,11,12)(H,13,14). The molecule has 14 heavy (non-hydrogen) atoms. The third kappa shape index (κ3) is 5.53. The first-order valence-electron chi connectivity index (χ1n) is 4.55. The van der Waals surface area contributed by atoms with Crippen molar-refractivity contribution in [2.45, 2.75) is 19.3 Å². The van der Waals surface area contributed by atoms with Gasteiger partial charge in [-0.15, -0.1) is 0 Å². The Morgan fingerprint density at radius 1 is 1.14 bits per heavy atom. The van der Waals surface area contributed by atoms with E-state index in [-0.39, 0.29) is 6.42 Å². The zero-order chi connectivity index (χ0) is 11.1. The average molecular weight is 203 g/mol. The van der Waals surface area contributed by atoms with Crippen LogP contribution in [0.2, 0.25) is 0 Å². The van der Waals surface area contributed by atoms with Crippen molar-refractivity contribution in [1.29, 1.82) is 0 Å². The number of hydrogen-bond donors (Lipinski definition) is 2. The molecule has 0 unspecified atom stereocenters. The lowest BCUT2D eigenvalue weighted by molar-refractivity contribution is -0.154. The van der Waals surface area contributed by atoms with Gasteiger partial charge in [-0.3, -0.25) is 9.59 Å². The molecule has 0 atom stereocenters. The van der Waals surface area contributed by atoms with E-state index in [2.05, 4.69) is 0 Å². The Bertz CT molecular complexity index is 189. The lowest BCUT2D eigenvalue weighted by Gasteiger charge is -2.10. The molecule has 0 aromatic carbocycles. The fourth-order valence-corrected chi connectivity index (χ4v) is 1.13. The van der Waals surface area contributed by atoms with Crippen LogP contribution < -0.4 is 0 Å². The van der Waals surface area contributed by atoms with Gasteiger partial charge in [0.2, 0.25) is 0 Å². The second-order valence-corrected chi connectivity index (χ2v) is 3.53. The van der Waals surface area contributed by atoms with Gasteiger partial charge in [-0.25, -0.2) is 0 Å². The molecule has 0 amide bonds. The molecule has 5 nitrogen and oxygen atoms in total. The molecule has 0 saturated heterocycles. The van der Waals surface area contributed by atoms with Gasteiger partial charge >= 0.3 is 11.9 Å². The molecule has 0 aliphatic heterocycles. The van der Waals surface area contributed by atoms with E-state index in [1.54, 1.807) is 0 Å². The third-order valence-electron chi connectivity index (χ3n) is 1.94. The lowest BCUT2D eigenvalue weighted by Crippen LogP contribution is -2.23. The van der Waals surface area contributed by atoms with Crippen LogP contribution in [0.4, 0.5) is 0 Å². The van der Waals surface area contributed by atoms with Gasteiger partial charge < -0.3 is 15.1 Å². The van der Waals surface area contributed by atoms with Crippen LogP contribution in [0.5, 0.6) is 0 Å². The summed E-state index contributed by atoms with van der Waals surface area (Å²) in [7, 11) is 3.84. The molecule has 2 N–H and O–H groups in total. The van der Waals surface area contributed by atoms with Crippen molar-refractivity contribution >= 4 is 11.9 Å². The van der Waals surface area contributed by atoms with E-state index in [1.807, 2.05) is 19.0 Å². The van der Waals surface area contributed by atoms with Crippen LogP contribution in [-0.4, -0.2) is 47.7 Å². The first-order chi connectivity index (χ1) is 6.45. The average Bonchev–Trinajstić information content (AvgIpc) is 2.01. The number of unbranched alkanes of at least 4 members (excludes halogenated alkanes) is 1. The zero-order valence-electron chi connectivity index (χ0n) is 8.56. The van der Waals surface area contributed by atoms with Gasteiger partial charge in [0.15, 0.2) is 5.92 Å². The van der Waals surface area contributed by atoms with E-state index in [0.29, 0.717) is 6.42 Å². The Labute approximate surface area is 83.3 Å². The summed E-state index contributed by atoms with van der Waals surface area (Å²) >= 11 is 0. The van der Waals surface area contributed by atoms with Gasteiger partial charge in [0, 0.05) is 0 Å². The van der Waals surface area contributed by atoms with Gasteiger partial charge in [0.05, 0.1) is 0 Å². The fraction of sp³-hybridized carbons (Fsp3) is 0.778. The first kappa shape index (κ1) is 12.9. The van der Waals surface area contributed by atoms with Crippen molar-refractivity contribution in [3.8, 4) is 0 Å². The Kier molecular flexibility index (Phi) is 5.87. The van der Waals surface area contributed by atoms with Gasteiger partial charge in [-0.05, 0) is 33.5 Å². The molecule has 0 spiro atoms. The quantitative estimate of drug-likeness (QED) is 0.465. The van der Waals surface area contributed by atoms with E-state index in [9.17, 15) is 9.59 Å². The molecule has 0 radical (unpaired) electrons. The summed E-state index contributed by atoms with van der Waals surface area (Å²) in [6.07, 6.45) is 1.66. The summed E-state index contributed by atoms with van der Waals surface area (Å²) in [6.45, 7) is 0.853. The zero-order valence-corrected chi connectivity index (χ0v) is 8.56. The number of aliphatic carboxylic acids is 2. The summed E-state index contributed by atoms with van der Waals surface area (Å²) in [6, 6.07) is 0. The van der Waals surface area contributed by atoms with Crippen LogP contribution in [0.1, 0.15) is 19.3 Å². The van der Waals surface area contributed by atoms with Crippen LogP contribution in [-0.2, 0) is 9.59 Å². The minimum atomic E-state index is -1.25. The maximum Gasteiger partial charge on any atom is 0.317 e. The second-order valence-electron chi connectivity index (χ2n) is 3.53. The molecule has 82 valence electrons. The Morgan fingerprint density at radius 3 is 2.00 bits per heavy atom. The van der Waals surface area contributed by atoms with Crippen LogP contribution in [0, 0.1) is 5.92 Å². The predicted molar refractivity (Wildman–Crippen MR) is 51.2 cm³/mol. The summed E-state index contributed by atoms with van der Waals surface area (Å²) < 4.78 is 0. The first-order valence-corrected chi connectivity index (χ1v) is 4.55. The topological polar surface area (TPSA) is 77.8 Å². The molecule has 0 bridgehead atoms. The Balaban J connectivity index is 3.73. The third-order valence-corrected chi connectivity index (χ3v) is 1.94. The van der Waals surface area contributed by atoms with E-state index < -0.39 is 17.9 Å². The smallest absolute Gasteiger partial charge is 0.317 e. The molecule has 0 aromatic rings. The van der Waals surface area contributed by atoms with Crippen LogP contribution >= 0.6 is 0 Å². The van der Waals surface area contributed by atoms with Crippen molar-refractivity contribution in [3.05, 3.63) is 0 Å². The number of nitrogens with zero attached hydrogens (tertiary/aromatic N) is 1. The van der Waals surface area contributed by atoms with Crippen molar-refractivity contribution < 1.29 is 19.8 Å². The fourth-order valence-electron chi connectivity index (χ4n) is 1.13. The molecule has 0 fully saturated rings. The molecule has 0 saturated carbocycles. The highest BCUT2D eigenvalue weighted by Crippen LogP contribution is 2.09. The minimum absolute atomic E-state index is 0.207. The Morgan fingerprint density at radius 2 is 1.64 bits per heavy atom. The van der Waals surface area contributed by atoms with Gasteiger partial charge in [0.25, 0.3) is 0 Å². The van der Waals surface area contributed by atoms with E-state index in [0.717, 1.165) is 13.0 Å². The highest BCUT2D eigenvalue weighted by Gasteiger charge is 2.24. The predicted octanol–water partition coefficient (Wildman–Crippen LogP) is 0.504. The summed E-state index contributed by atoms with van der Waals surface area (Å²) in [5.74, 6) is -3.75. The molecule has 0 aromatic heterocycles. The maximum absolute atomic E-state index is 10.5. The van der Waals surface area contributed by atoms with Crippen LogP contribution in [0.25, 0.3) is 0 Å². The minimum Gasteiger partial charge on any atom is -0.481 e. The summed E-state index contributed by atoms with van der Waals surface area (Å²) in [5.41, 5.74) is 0. The second kappa shape index (κ2) is 6.37. The molecule has 0 rings (SSSR count). The number of carboxylic acid groups (broad SMARTS) is 2. The molecule has 0 aliphatic rings. The van der Waals surface area contributed by atoms with Crippen molar-refractivity contribution in [2.24, 2.45) is 5.92 Å². The van der Waals surface area contributed by atoms with Crippen LogP contribution in [0.3, 0.4) is 0 Å². The molecular formula is C9H17NO4. The van der Waals surface area contributed by atoms with Crippen molar-refractivity contribution in [3.63, 3.8) is 0 Å². The number of carboxylic acids is 2. The normalized spacial score (nSPS) is 10.9. The summed E-state index contributed by atoms with van der Waals surface area (Å²) in [4.78, 5) is 22.9. The maximum atomic E-state index is 10.5. The number of rotatable bonds is 7. The lowest BCUT2D eigenvalue weighted by atomic mass is 10.0. The number of hydrogen-bond acceptors (Lipinski definition) is 3. The number of carbonyl (C=O) groups is 2. The largest absolute Gasteiger partial charge is 0.481 e. The van der Waals surface area contributed by atoms with Gasteiger partial charge in [-0.2, -0.15) is 0 Å².